The molecule has 0 saturated heterocycles. The summed E-state index contributed by atoms with van der Waals surface area (Å²) in [5.41, 5.74) is 6.30. The molecule has 0 saturated carbocycles. The Morgan fingerprint density at radius 1 is 1.35 bits per heavy atom. The van der Waals surface area contributed by atoms with Crippen molar-refractivity contribution in [2.75, 3.05) is 0 Å². The van der Waals surface area contributed by atoms with Crippen LogP contribution < -0.4 is 5.73 Å². The van der Waals surface area contributed by atoms with Gasteiger partial charge >= 0.3 is 0 Å². The molecule has 98 valence electrons. The van der Waals surface area contributed by atoms with Crippen molar-refractivity contribution < 1.29 is 0 Å². The van der Waals surface area contributed by atoms with Crippen LogP contribution in [0.4, 0.5) is 0 Å². The van der Waals surface area contributed by atoms with E-state index in [0.29, 0.717) is 5.92 Å². The van der Waals surface area contributed by atoms with Gasteiger partial charge in [0.05, 0.1) is 0 Å². The summed E-state index contributed by atoms with van der Waals surface area (Å²) >= 11 is 0. The third-order valence-electron chi connectivity index (χ3n) is 3.47. The normalized spacial score (nSPS) is 14.8. The molecule has 0 fully saturated rings. The zero-order valence-electron chi connectivity index (χ0n) is 11.4. The largest absolute Gasteiger partial charge is 0.327 e. The number of aromatic nitrogens is 3. The lowest BCUT2D eigenvalue weighted by atomic mass is 9.90. The lowest BCUT2D eigenvalue weighted by Gasteiger charge is -2.22. The molecule has 2 atom stereocenters. The van der Waals surface area contributed by atoms with Crippen molar-refractivity contribution in [3.8, 4) is 0 Å². The molecule has 2 N–H and O–H groups in total. The van der Waals surface area contributed by atoms with Crippen LogP contribution in [0.25, 0.3) is 0 Å². The molecule has 17 heavy (non-hydrogen) atoms. The van der Waals surface area contributed by atoms with Crippen molar-refractivity contribution in [2.45, 2.75) is 65.5 Å². The van der Waals surface area contributed by atoms with Crippen LogP contribution in [0.3, 0.4) is 0 Å². The average Bonchev–Trinajstić information content (AvgIpc) is 2.77. The maximum Gasteiger partial charge on any atom is 0.138 e. The highest BCUT2D eigenvalue weighted by atomic mass is 15.3. The first-order chi connectivity index (χ1) is 8.22. The first kappa shape index (κ1) is 14.2. The summed E-state index contributed by atoms with van der Waals surface area (Å²) in [5, 5.41) is 4.19. The fourth-order valence-corrected chi connectivity index (χ4v) is 2.28. The van der Waals surface area contributed by atoms with Crippen molar-refractivity contribution in [3.63, 3.8) is 0 Å². The Morgan fingerprint density at radius 3 is 2.71 bits per heavy atom. The van der Waals surface area contributed by atoms with Crippen LogP contribution in [0, 0.1) is 5.92 Å². The highest BCUT2D eigenvalue weighted by Crippen LogP contribution is 2.18. The summed E-state index contributed by atoms with van der Waals surface area (Å²) in [7, 11) is 0. The van der Waals surface area contributed by atoms with Crippen molar-refractivity contribution >= 4 is 0 Å². The third kappa shape index (κ3) is 4.11. The molecule has 0 aliphatic rings. The maximum atomic E-state index is 6.30. The average molecular weight is 238 g/mol. The predicted octanol–water partition coefficient (Wildman–Crippen LogP) is 2.38. The molecule has 0 aliphatic heterocycles. The molecule has 0 radical (unpaired) electrons. The van der Waals surface area contributed by atoms with E-state index in [1.165, 1.54) is 19.3 Å². The fraction of sp³-hybridized carbons (Fsp3) is 0.846. The van der Waals surface area contributed by atoms with E-state index < -0.39 is 0 Å². The number of aryl methyl sites for hydroxylation is 1. The molecule has 0 aromatic carbocycles. The third-order valence-corrected chi connectivity index (χ3v) is 3.47. The Balaban J connectivity index is 2.54. The minimum Gasteiger partial charge on any atom is -0.327 e. The first-order valence-electron chi connectivity index (χ1n) is 6.85. The highest BCUT2D eigenvalue weighted by Gasteiger charge is 2.18. The van der Waals surface area contributed by atoms with Gasteiger partial charge < -0.3 is 5.73 Å². The van der Waals surface area contributed by atoms with Gasteiger partial charge in [-0.1, -0.05) is 33.1 Å². The van der Waals surface area contributed by atoms with Crippen molar-refractivity contribution in [1.29, 1.82) is 0 Å². The van der Waals surface area contributed by atoms with Gasteiger partial charge in [0.1, 0.15) is 12.2 Å². The molecular weight excluding hydrogens is 212 g/mol. The number of nitrogens with two attached hydrogens (primary N) is 1. The molecule has 1 rings (SSSR count). The van der Waals surface area contributed by atoms with Gasteiger partial charge in [-0.25, -0.2) is 4.98 Å². The quantitative estimate of drug-likeness (QED) is 0.756. The van der Waals surface area contributed by atoms with E-state index in [4.69, 9.17) is 5.73 Å². The Hall–Kier alpha value is -0.900. The summed E-state index contributed by atoms with van der Waals surface area (Å²) in [5.74, 6) is 1.63. The number of rotatable bonds is 8. The summed E-state index contributed by atoms with van der Waals surface area (Å²) in [6.45, 7) is 7.41. The van der Waals surface area contributed by atoms with Crippen LogP contribution in [-0.2, 0) is 13.0 Å². The van der Waals surface area contributed by atoms with E-state index in [9.17, 15) is 0 Å². The summed E-state index contributed by atoms with van der Waals surface area (Å²) in [4.78, 5) is 4.30. The van der Waals surface area contributed by atoms with Crippen LogP contribution in [0.2, 0.25) is 0 Å². The molecule has 1 heterocycles. The van der Waals surface area contributed by atoms with Gasteiger partial charge in [-0.3, -0.25) is 4.68 Å². The van der Waals surface area contributed by atoms with Crippen LogP contribution in [0.15, 0.2) is 6.33 Å². The van der Waals surface area contributed by atoms with Crippen molar-refractivity contribution in [3.05, 3.63) is 12.2 Å². The lowest BCUT2D eigenvalue weighted by Crippen LogP contribution is -2.33. The summed E-state index contributed by atoms with van der Waals surface area (Å²) in [6.07, 6.45) is 7.37. The van der Waals surface area contributed by atoms with Gasteiger partial charge in [-0.2, -0.15) is 5.10 Å². The van der Waals surface area contributed by atoms with Gasteiger partial charge in [-0.15, -0.1) is 0 Å². The van der Waals surface area contributed by atoms with Gasteiger partial charge in [0.2, 0.25) is 0 Å². The number of nitrogens with zero attached hydrogens (tertiary/aromatic N) is 3. The molecule has 1 aromatic rings. The smallest absolute Gasteiger partial charge is 0.138 e. The van der Waals surface area contributed by atoms with Crippen LogP contribution in [0.1, 0.15) is 52.3 Å². The molecule has 0 bridgehead atoms. The molecule has 0 spiro atoms. The predicted molar refractivity (Wildman–Crippen MR) is 70.7 cm³/mol. The van der Waals surface area contributed by atoms with Gasteiger partial charge in [-0.05, 0) is 19.3 Å². The Bertz CT molecular complexity index is 308. The number of hydrogen-bond acceptors (Lipinski definition) is 3. The molecular formula is C13H26N4. The maximum absolute atomic E-state index is 6.30. The second-order valence-corrected chi connectivity index (χ2v) is 4.67. The van der Waals surface area contributed by atoms with Crippen LogP contribution in [0.5, 0.6) is 0 Å². The molecule has 4 nitrogen and oxygen atoms in total. The highest BCUT2D eigenvalue weighted by molar-refractivity contribution is 4.90. The van der Waals surface area contributed by atoms with Crippen molar-refractivity contribution in [2.24, 2.45) is 11.7 Å². The summed E-state index contributed by atoms with van der Waals surface area (Å²) < 4.78 is 1.94. The van der Waals surface area contributed by atoms with Gasteiger partial charge in [0.25, 0.3) is 0 Å². The van der Waals surface area contributed by atoms with E-state index in [0.717, 1.165) is 25.2 Å². The topological polar surface area (TPSA) is 56.7 Å². The van der Waals surface area contributed by atoms with E-state index >= 15 is 0 Å². The molecule has 0 aliphatic carbocycles. The first-order valence-corrected chi connectivity index (χ1v) is 6.85. The van der Waals surface area contributed by atoms with E-state index in [1.54, 1.807) is 6.33 Å². The molecule has 1 aromatic heterocycles. The van der Waals surface area contributed by atoms with E-state index in [-0.39, 0.29) is 6.04 Å². The van der Waals surface area contributed by atoms with Crippen molar-refractivity contribution in [1.82, 2.24) is 14.8 Å². The van der Waals surface area contributed by atoms with Crippen LogP contribution in [-0.4, -0.2) is 20.8 Å². The van der Waals surface area contributed by atoms with Crippen LogP contribution >= 0.6 is 0 Å². The molecule has 0 amide bonds. The summed E-state index contributed by atoms with van der Waals surface area (Å²) in [6, 6.07) is 0.209. The van der Waals surface area contributed by atoms with Gasteiger partial charge in [0, 0.05) is 19.0 Å². The molecule has 4 heteroatoms. The molecule has 2 unspecified atom stereocenters. The Morgan fingerprint density at radius 2 is 2.12 bits per heavy atom. The second kappa shape index (κ2) is 7.43. The lowest BCUT2D eigenvalue weighted by molar-refractivity contribution is 0.360. The van der Waals surface area contributed by atoms with E-state index in [2.05, 4.69) is 30.9 Å². The minimum atomic E-state index is 0.209. The second-order valence-electron chi connectivity index (χ2n) is 4.67. The monoisotopic (exact) mass is 238 g/mol. The number of hydrogen-bond donors (Lipinski definition) is 1. The van der Waals surface area contributed by atoms with Gasteiger partial charge in [0.15, 0.2) is 0 Å². The zero-order chi connectivity index (χ0) is 12.7. The standard InChI is InChI=1S/C13H26N4/c1-4-7-8-11(5-2)12(14)9-13-15-10-16-17(13)6-3/h10-12H,4-9,14H2,1-3H3. The fourth-order valence-electron chi connectivity index (χ4n) is 2.28. The minimum absolute atomic E-state index is 0.209. The Labute approximate surface area is 105 Å². The zero-order valence-corrected chi connectivity index (χ0v) is 11.4. The van der Waals surface area contributed by atoms with E-state index in [1.807, 2.05) is 4.68 Å². The number of unbranched alkanes of at least 4 members (excludes halogenated alkanes) is 1. The SMILES string of the molecule is CCCCC(CC)C(N)Cc1ncnn1CC. The Kier molecular flexibility index (Phi) is 6.19.